The predicted molar refractivity (Wildman–Crippen MR) is 65.2 cm³/mol. The summed E-state index contributed by atoms with van der Waals surface area (Å²) in [6.45, 7) is 1.97. The predicted octanol–water partition coefficient (Wildman–Crippen LogP) is 2.77. The summed E-state index contributed by atoms with van der Waals surface area (Å²) >= 11 is 0. The zero-order valence-electron chi connectivity index (χ0n) is 9.87. The van der Waals surface area contributed by atoms with E-state index in [4.69, 9.17) is 4.42 Å². The summed E-state index contributed by atoms with van der Waals surface area (Å²) in [6.07, 6.45) is -0.507. The van der Waals surface area contributed by atoms with E-state index in [-0.39, 0.29) is 11.6 Å². The smallest absolute Gasteiger partial charge is 0.403 e. The number of aryl methyl sites for hydroxylation is 1. The van der Waals surface area contributed by atoms with E-state index in [0.717, 1.165) is 11.1 Å². The van der Waals surface area contributed by atoms with E-state index in [2.05, 4.69) is 0 Å². The Bertz CT molecular complexity index is 562. The second-order valence-electron chi connectivity index (χ2n) is 4.14. The first-order valence-corrected chi connectivity index (χ1v) is 5.54. The van der Waals surface area contributed by atoms with Gasteiger partial charge < -0.3 is 9.52 Å². The average Bonchev–Trinajstić information content (AvgIpc) is 2.78. The number of hydrogen-bond donors (Lipinski definition) is 1. The van der Waals surface area contributed by atoms with Crippen molar-refractivity contribution >= 4 is 5.88 Å². The Kier molecular flexibility index (Phi) is 3.43. The van der Waals surface area contributed by atoms with Crippen molar-refractivity contribution in [3.05, 3.63) is 63.4 Å². The van der Waals surface area contributed by atoms with Crippen LogP contribution in [0.1, 0.15) is 23.0 Å². The molecule has 0 aliphatic carbocycles. The molecule has 0 saturated heterocycles. The number of nitro groups is 1. The minimum absolute atomic E-state index is 0.211. The molecule has 2 aromatic rings. The Morgan fingerprint density at radius 3 is 2.78 bits per heavy atom. The third-order valence-electron chi connectivity index (χ3n) is 2.63. The highest BCUT2D eigenvalue weighted by atomic mass is 16.6. The molecule has 1 unspecified atom stereocenters. The number of aliphatic hydroxyl groups excluding tert-OH is 1. The first-order valence-electron chi connectivity index (χ1n) is 5.54. The van der Waals surface area contributed by atoms with E-state index in [1.807, 2.05) is 31.2 Å². The standard InChI is InChI=1S/C13H13NO4/c1-9-3-2-4-10(7-9)8-11(15)12-5-6-13(18-12)14(16)17/h2-7,11,15H,8H2,1H3. The first-order chi connectivity index (χ1) is 8.56. The van der Waals surface area contributed by atoms with E-state index >= 15 is 0 Å². The molecule has 0 aliphatic heterocycles. The minimum atomic E-state index is -0.875. The summed E-state index contributed by atoms with van der Waals surface area (Å²) in [5, 5.41) is 20.4. The fourth-order valence-electron chi connectivity index (χ4n) is 1.78. The van der Waals surface area contributed by atoms with Crippen molar-refractivity contribution in [3.8, 4) is 0 Å². The summed E-state index contributed by atoms with van der Waals surface area (Å²) < 4.78 is 4.96. The maximum Gasteiger partial charge on any atom is 0.433 e. The van der Waals surface area contributed by atoms with Gasteiger partial charge in [-0.25, -0.2) is 0 Å². The van der Waals surface area contributed by atoms with E-state index in [1.54, 1.807) is 0 Å². The second-order valence-corrected chi connectivity index (χ2v) is 4.14. The van der Waals surface area contributed by atoms with Gasteiger partial charge in [0.2, 0.25) is 0 Å². The van der Waals surface area contributed by atoms with Crippen LogP contribution in [0, 0.1) is 17.0 Å². The van der Waals surface area contributed by atoms with E-state index in [1.165, 1.54) is 12.1 Å². The van der Waals surface area contributed by atoms with E-state index in [9.17, 15) is 15.2 Å². The van der Waals surface area contributed by atoms with Gasteiger partial charge in [-0.3, -0.25) is 10.1 Å². The van der Waals surface area contributed by atoms with Crippen LogP contribution < -0.4 is 0 Å². The van der Waals surface area contributed by atoms with Crippen molar-refractivity contribution in [2.24, 2.45) is 0 Å². The molecular formula is C13H13NO4. The highest BCUT2D eigenvalue weighted by Gasteiger charge is 2.18. The Morgan fingerprint density at radius 2 is 2.17 bits per heavy atom. The molecule has 0 spiro atoms. The minimum Gasteiger partial charge on any atom is -0.403 e. The highest BCUT2D eigenvalue weighted by Crippen LogP contribution is 2.24. The fourth-order valence-corrected chi connectivity index (χ4v) is 1.78. The molecule has 5 nitrogen and oxygen atoms in total. The molecule has 1 N–H and O–H groups in total. The Hall–Kier alpha value is -2.14. The summed E-state index contributed by atoms with van der Waals surface area (Å²) in [6, 6.07) is 10.4. The number of rotatable bonds is 4. The molecule has 0 amide bonds. The van der Waals surface area contributed by atoms with Crippen LogP contribution >= 0.6 is 0 Å². The molecule has 1 aromatic heterocycles. The molecule has 18 heavy (non-hydrogen) atoms. The van der Waals surface area contributed by atoms with Gasteiger partial charge in [0.05, 0.1) is 6.07 Å². The number of aliphatic hydroxyl groups is 1. The van der Waals surface area contributed by atoms with Gasteiger partial charge in [0, 0.05) is 6.42 Å². The summed E-state index contributed by atoms with van der Waals surface area (Å²) in [5.41, 5.74) is 2.06. The van der Waals surface area contributed by atoms with Gasteiger partial charge in [-0.1, -0.05) is 29.8 Å². The monoisotopic (exact) mass is 247 g/mol. The van der Waals surface area contributed by atoms with Crippen molar-refractivity contribution in [2.45, 2.75) is 19.4 Å². The maximum atomic E-state index is 10.5. The van der Waals surface area contributed by atoms with Gasteiger partial charge in [-0.05, 0) is 18.6 Å². The van der Waals surface area contributed by atoms with Crippen LogP contribution in [0.15, 0.2) is 40.8 Å². The van der Waals surface area contributed by atoms with Gasteiger partial charge in [0.1, 0.15) is 16.8 Å². The molecule has 2 rings (SSSR count). The molecule has 0 fully saturated rings. The van der Waals surface area contributed by atoms with Crippen molar-refractivity contribution in [1.82, 2.24) is 0 Å². The van der Waals surface area contributed by atoms with Gasteiger partial charge in [-0.15, -0.1) is 0 Å². The molecule has 94 valence electrons. The third-order valence-corrected chi connectivity index (χ3v) is 2.63. The van der Waals surface area contributed by atoms with Crippen molar-refractivity contribution in [1.29, 1.82) is 0 Å². The third kappa shape index (κ3) is 2.75. The van der Waals surface area contributed by atoms with Crippen LogP contribution in [0.3, 0.4) is 0 Å². The normalized spacial score (nSPS) is 12.3. The largest absolute Gasteiger partial charge is 0.433 e. The number of benzene rings is 1. The molecule has 0 radical (unpaired) electrons. The lowest BCUT2D eigenvalue weighted by molar-refractivity contribution is -0.402. The zero-order valence-corrected chi connectivity index (χ0v) is 9.87. The molecule has 0 bridgehead atoms. The van der Waals surface area contributed by atoms with Crippen molar-refractivity contribution < 1.29 is 14.4 Å². The topological polar surface area (TPSA) is 76.5 Å². The van der Waals surface area contributed by atoms with Gasteiger partial charge in [0.25, 0.3) is 0 Å². The lowest BCUT2D eigenvalue weighted by atomic mass is 10.0. The van der Waals surface area contributed by atoms with Crippen LogP contribution in [0.5, 0.6) is 0 Å². The van der Waals surface area contributed by atoms with Crippen LogP contribution in [0.2, 0.25) is 0 Å². The Morgan fingerprint density at radius 1 is 1.39 bits per heavy atom. The van der Waals surface area contributed by atoms with Crippen LogP contribution in [-0.2, 0) is 6.42 Å². The van der Waals surface area contributed by atoms with Gasteiger partial charge in [-0.2, -0.15) is 0 Å². The highest BCUT2D eigenvalue weighted by molar-refractivity contribution is 5.25. The quantitative estimate of drug-likeness (QED) is 0.665. The summed E-state index contributed by atoms with van der Waals surface area (Å²) in [7, 11) is 0. The van der Waals surface area contributed by atoms with Crippen molar-refractivity contribution in [2.75, 3.05) is 0 Å². The molecule has 0 saturated carbocycles. The molecule has 1 heterocycles. The van der Waals surface area contributed by atoms with Crippen LogP contribution in [0.25, 0.3) is 0 Å². The molecule has 1 aromatic carbocycles. The van der Waals surface area contributed by atoms with Gasteiger partial charge in [0.15, 0.2) is 0 Å². The first kappa shape index (κ1) is 12.3. The SMILES string of the molecule is Cc1cccc(CC(O)c2ccc([N+](=O)[O-])o2)c1. The number of furan rings is 1. The van der Waals surface area contributed by atoms with Crippen molar-refractivity contribution in [3.63, 3.8) is 0 Å². The maximum absolute atomic E-state index is 10.5. The molecule has 0 aliphatic rings. The summed E-state index contributed by atoms with van der Waals surface area (Å²) in [4.78, 5) is 9.85. The van der Waals surface area contributed by atoms with E-state index < -0.39 is 11.0 Å². The van der Waals surface area contributed by atoms with Gasteiger partial charge >= 0.3 is 5.88 Å². The Labute approximate surface area is 104 Å². The molecule has 1 atom stereocenters. The Balaban J connectivity index is 2.11. The fraction of sp³-hybridized carbons (Fsp3) is 0.231. The number of nitrogens with zero attached hydrogens (tertiary/aromatic N) is 1. The summed E-state index contributed by atoms with van der Waals surface area (Å²) in [5.74, 6) is -0.142. The lowest BCUT2D eigenvalue weighted by Gasteiger charge is -2.07. The average molecular weight is 247 g/mol. The zero-order chi connectivity index (χ0) is 13.1. The van der Waals surface area contributed by atoms with E-state index in [0.29, 0.717) is 6.42 Å². The second kappa shape index (κ2) is 5.01. The van der Waals surface area contributed by atoms with Crippen LogP contribution in [0.4, 0.5) is 5.88 Å². The van der Waals surface area contributed by atoms with Crippen LogP contribution in [-0.4, -0.2) is 10.0 Å². The molecular weight excluding hydrogens is 234 g/mol. The number of hydrogen-bond acceptors (Lipinski definition) is 4. The lowest BCUT2D eigenvalue weighted by Crippen LogP contribution is -2.00. The molecule has 5 heteroatoms.